The van der Waals surface area contributed by atoms with Gasteiger partial charge in [0.25, 0.3) is 0 Å². The van der Waals surface area contributed by atoms with Gasteiger partial charge in [-0.15, -0.1) is 0 Å². The van der Waals surface area contributed by atoms with E-state index >= 15 is 0 Å². The van der Waals surface area contributed by atoms with Crippen molar-refractivity contribution in [2.45, 2.75) is 5.41 Å². The zero-order valence-electron chi connectivity index (χ0n) is 36.5. The number of nitrogens with zero attached hydrogens (tertiary/aromatic N) is 4. The molecule has 4 heteroatoms. The molecule has 0 spiro atoms. The Hall–Kier alpha value is -8.86. The minimum atomic E-state index is -0.486. The third kappa shape index (κ3) is 6.22. The number of para-hydroxylation sites is 6. The van der Waals surface area contributed by atoms with E-state index in [0.29, 0.717) is 0 Å². The molecule has 0 aliphatic heterocycles. The quantitative estimate of drug-likeness (QED) is 0.153. The van der Waals surface area contributed by atoms with Crippen molar-refractivity contribution in [2.75, 3.05) is 0 Å². The van der Waals surface area contributed by atoms with Crippen LogP contribution >= 0.6 is 0 Å². The number of rotatable bonds is 8. The molecule has 0 N–H and O–H groups in total. The van der Waals surface area contributed by atoms with E-state index in [1.165, 1.54) is 33.4 Å². The molecule has 0 radical (unpaired) electrons. The summed E-state index contributed by atoms with van der Waals surface area (Å²) >= 11 is 0. The lowest BCUT2D eigenvalue weighted by Gasteiger charge is -2.34. The summed E-state index contributed by atoms with van der Waals surface area (Å²) in [5.41, 5.74) is 19.7. The molecule has 0 atom stereocenters. The Morgan fingerprint density at radius 3 is 1.27 bits per heavy atom. The van der Waals surface area contributed by atoms with Crippen LogP contribution in [0.25, 0.3) is 89.6 Å². The summed E-state index contributed by atoms with van der Waals surface area (Å²) in [5, 5.41) is 0. The first-order valence-electron chi connectivity index (χ1n) is 22.9. The second-order valence-electron chi connectivity index (χ2n) is 17.4. The number of benzene rings is 10. The summed E-state index contributed by atoms with van der Waals surface area (Å²) in [7, 11) is 0. The van der Waals surface area contributed by atoms with Gasteiger partial charge in [0, 0.05) is 22.5 Å². The maximum atomic E-state index is 5.37. The molecule has 4 nitrogen and oxygen atoms in total. The van der Waals surface area contributed by atoms with Crippen LogP contribution in [0.2, 0.25) is 0 Å². The van der Waals surface area contributed by atoms with Crippen LogP contribution in [0.3, 0.4) is 0 Å². The molecule has 0 saturated carbocycles. The van der Waals surface area contributed by atoms with Gasteiger partial charge in [0.2, 0.25) is 0 Å². The molecule has 0 saturated heterocycles. The van der Waals surface area contributed by atoms with Gasteiger partial charge in [0.1, 0.15) is 11.6 Å². The molecule has 2 aromatic heterocycles. The van der Waals surface area contributed by atoms with E-state index in [2.05, 4.69) is 264 Å². The van der Waals surface area contributed by atoms with Gasteiger partial charge >= 0.3 is 0 Å². The standard InChI is InChI=1S/C63H42N4/c1-5-22-49(23-6-1)63(50-24-7-2-8-25-50)55-31-14-13-30-53(55)54-37-36-45(42-56(54)63)43-20-19-21-44(38-43)46-39-47(61-64-57-32-15-17-34-59(57)66(61)51-26-9-3-10-27-51)41-48(40-46)62-65-58-33-16-18-35-60(58)67(62)52-28-11-4-12-29-52/h1-42H. The highest BCUT2D eigenvalue weighted by Crippen LogP contribution is 2.56. The Morgan fingerprint density at radius 2 is 0.701 bits per heavy atom. The van der Waals surface area contributed by atoms with Crippen molar-refractivity contribution in [2.24, 2.45) is 0 Å². The Labute approximate surface area is 389 Å². The Balaban J connectivity index is 1.03. The predicted molar refractivity (Wildman–Crippen MR) is 275 cm³/mol. The van der Waals surface area contributed by atoms with Crippen molar-refractivity contribution in [3.8, 4) is 67.5 Å². The molecule has 0 bridgehead atoms. The zero-order valence-corrected chi connectivity index (χ0v) is 36.5. The molecule has 0 amide bonds. The average Bonchev–Trinajstić information content (AvgIpc) is 4.09. The number of imidazole rings is 2. The summed E-state index contributed by atoms with van der Waals surface area (Å²) < 4.78 is 4.56. The second kappa shape index (κ2) is 15.7. The van der Waals surface area contributed by atoms with Gasteiger partial charge in [0.05, 0.1) is 27.5 Å². The predicted octanol–water partition coefficient (Wildman–Crippen LogP) is 15.4. The van der Waals surface area contributed by atoms with Crippen molar-refractivity contribution >= 4 is 22.1 Å². The monoisotopic (exact) mass is 854 g/mol. The largest absolute Gasteiger partial charge is 0.292 e. The van der Waals surface area contributed by atoms with Crippen molar-refractivity contribution in [3.05, 3.63) is 277 Å². The van der Waals surface area contributed by atoms with Gasteiger partial charge in [-0.3, -0.25) is 9.13 Å². The molecule has 1 aliphatic carbocycles. The third-order valence-corrected chi connectivity index (χ3v) is 13.6. The van der Waals surface area contributed by atoms with Crippen molar-refractivity contribution in [3.63, 3.8) is 0 Å². The summed E-state index contributed by atoms with van der Waals surface area (Å²) in [5.74, 6) is 1.73. The normalized spacial score (nSPS) is 12.6. The Kier molecular flexibility index (Phi) is 9.04. The summed E-state index contributed by atoms with van der Waals surface area (Å²) in [4.78, 5) is 10.7. The fourth-order valence-corrected chi connectivity index (χ4v) is 10.7. The summed E-state index contributed by atoms with van der Waals surface area (Å²) in [6.45, 7) is 0. The van der Waals surface area contributed by atoms with E-state index in [4.69, 9.17) is 9.97 Å². The average molecular weight is 855 g/mol. The highest BCUT2D eigenvalue weighted by Gasteiger charge is 2.46. The molecule has 0 fully saturated rings. The zero-order chi connectivity index (χ0) is 44.3. The van der Waals surface area contributed by atoms with Crippen LogP contribution in [-0.2, 0) is 5.41 Å². The highest BCUT2D eigenvalue weighted by atomic mass is 15.1. The maximum absolute atomic E-state index is 5.37. The number of fused-ring (bicyclic) bond motifs is 5. The maximum Gasteiger partial charge on any atom is 0.145 e. The van der Waals surface area contributed by atoms with Crippen LogP contribution < -0.4 is 0 Å². The van der Waals surface area contributed by atoms with Crippen LogP contribution in [0.1, 0.15) is 22.3 Å². The molecule has 67 heavy (non-hydrogen) atoms. The number of aromatic nitrogens is 4. The van der Waals surface area contributed by atoms with Gasteiger partial charge in [-0.1, -0.05) is 176 Å². The summed E-state index contributed by atoms with van der Waals surface area (Å²) in [6, 6.07) is 91.8. The molecule has 12 aromatic rings. The fraction of sp³-hybridized carbons (Fsp3) is 0.0159. The topological polar surface area (TPSA) is 35.6 Å². The van der Waals surface area contributed by atoms with Crippen LogP contribution in [0.5, 0.6) is 0 Å². The van der Waals surface area contributed by atoms with Crippen molar-refractivity contribution in [1.82, 2.24) is 19.1 Å². The lowest BCUT2D eigenvalue weighted by Crippen LogP contribution is -2.28. The van der Waals surface area contributed by atoms with Crippen LogP contribution in [-0.4, -0.2) is 19.1 Å². The molecule has 0 unspecified atom stereocenters. The van der Waals surface area contributed by atoms with Crippen molar-refractivity contribution in [1.29, 1.82) is 0 Å². The SMILES string of the molecule is c1ccc(-n2c(-c3cc(-c4cccc(-c5ccc6c(c5)C(c5ccccc5)(c5ccccc5)c5ccccc5-6)c4)cc(-c4nc5ccccc5n4-c4ccccc4)c3)nc3ccccc32)cc1. The number of hydrogen-bond acceptors (Lipinski definition) is 2. The van der Waals surface area contributed by atoms with Gasteiger partial charge in [0.15, 0.2) is 0 Å². The fourth-order valence-electron chi connectivity index (χ4n) is 10.7. The van der Waals surface area contributed by atoms with E-state index in [0.717, 1.165) is 78.5 Å². The molecular weight excluding hydrogens is 813 g/mol. The number of hydrogen-bond donors (Lipinski definition) is 0. The van der Waals surface area contributed by atoms with Gasteiger partial charge in [-0.25, -0.2) is 9.97 Å². The molecule has 1 aliphatic rings. The van der Waals surface area contributed by atoms with Gasteiger partial charge in [-0.05, 0) is 134 Å². The summed E-state index contributed by atoms with van der Waals surface area (Å²) in [6.07, 6.45) is 0. The highest BCUT2D eigenvalue weighted by molar-refractivity contribution is 5.91. The smallest absolute Gasteiger partial charge is 0.145 e. The van der Waals surface area contributed by atoms with Crippen LogP contribution in [0.15, 0.2) is 255 Å². The molecule has 13 rings (SSSR count). The van der Waals surface area contributed by atoms with Crippen LogP contribution in [0, 0.1) is 0 Å². The molecule has 10 aromatic carbocycles. The van der Waals surface area contributed by atoms with E-state index in [-0.39, 0.29) is 0 Å². The lowest BCUT2D eigenvalue weighted by atomic mass is 9.67. The first-order valence-corrected chi connectivity index (χ1v) is 22.9. The lowest BCUT2D eigenvalue weighted by molar-refractivity contribution is 0.769. The van der Waals surface area contributed by atoms with E-state index in [1.807, 2.05) is 0 Å². The molecule has 314 valence electrons. The molecular formula is C63H42N4. The molecule has 2 heterocycles. The van der Waals surface area contributed by atoms with Gasteiger partial charge in [-0.2, -0.15) is 0 Å². The Morgan fingerprint density at radius 1 is 0.284 bits per heavy atom. The minimum absolute atomic E-state index is 0.486. The third-order valence-electron chi connectivity index (χ3n) is 13.6. The van der Waals surface area contributed by atoms with E-state index in [1.54, 1.807) is 0 Å². The minimum Gasteiger partial charge on any atom is -0.292 e. The first-order chi connectivity index (χ1) is 33.2. The van der Waals surface area contributed by atoms with Crippen LogP contribution in [0.4, 0.5) is 0 Å². The second-order valence-corrected chi connectivity index (χ2v) is 17.4. The van der Waals surface area contributed by atoms with E-state index < -0.39 is 5.41 Å². The van der Waals surface area contributed by atoms with E-state index in [9.17, 15) is 0 Å². The van der Waals surface area contributed by atoms with Gasteiger partial charge < -0.3 is 0 Å². The first kappa shape index (κ1) is 38.6. The van der Waals surface area contributed by atoms with Crippen molar-refractivity contribution < 1.29 is 0 Å². The Bertz CT molecular complexity index is 3620.